The molecule has 28 heavy (non-hydrogen) atoms. The first-order chi connectivity index (χ1) is 13.4. The van der Waals surface area contributed by atoms with Gasteiger partial charge in [-0.25, -0.2) is 10.9 Å². The Bertz CT molecular complexity index is 850. The number of amides is 2. The van der Waals surface area contributed by atoms with Gasteiger partial charge in [-0.05, 0) is 48.2 Å². The van der Waals surface area contributed by atoms with Gasteiger partial charge in [0.1, 0.15) is 0 Å². The third-order valence-corrected chi connectivity index (χ3v) is 4.25. The largest absolute Gasteiger partial charge is 0.331 e. The number of hydrogen-bond donors (Lipinski definition) is 2. The van der Waals surface area contributed by atoms with Crippen molar-refractivity contribution in [3.63, 3.8) is 0 Å². The summed E-state index contributed by atoms with van der Waals surface area (Å²) in [5.41, 5.74) is 7.22. The van der Waals surface area contributed by atoms with Crippen molar-refractivity contribution in [2.75, 3.05) is 0 Å². The lowest BCUT2D eigenvalue weighted by molar-refractivity contribution is -0.139. The van der Waals surface area contributed by atoms with Crippen LogP contribution < -0.4 is 10.9 Å². The Morgan fingerprint density at radius 1 is 0.786 bits per heavy atom. The normalized spacial score (nSPS) is 11.9. The van der Waals surface area contributed by atoms with E-state index in [0.29, 0.717) is 34.3 Å². The van der Waals surface area contributed by atoms with Crippen LogP contribution in [0.3, 0.4) is 0 Å². The van der Waals surface area contributed by atoms with Crippen molar-refractivity contribution in [1.82, 2.24) is 10.9 Å². The molecule has 0 spiro atoms. The van der Waals surface area contributed by atoms with Crippen LogP contribution in [0.15, 0.2) is 58.7 Å². The van der Waals surface area contributed by atoms with E-state index in [1.165, 1.54) is 0 Å². The Kier molecular flexibility index (Phi) is 8.17. The number of rotatable bonds is 6. The van der Waals surface area contributed by atoms with E-state index >= 15 is 0 Å². The minimum absolute atomic E-state index is 0.551. The van der Waals surface area contributed by atoms with Gasteiger partial charge in [-0.15, -0.1) is 0 Å². The molecule has 0 radical (unpaired) electrons. The molecule has 6 nitrogen and oxygen atoms in total. The minimum atomic E-state index is -0.918. The number of hydrazone groups is 2. The van der Waals surface area contributed by atoms with Crippen LogP contribution in [0, 0.1) is 0 Å². The maximum Gasteiger partial charge on any atom is 0.331 e. The van der Waals surface area contributed by atoms with Crippen LogP contribution >= 0.6 is 23.2 Å². The molecule has 0 aliphatic rings. The molecular weight excluding hydrogens is 399 g/mol. The van der Waals surface area contributed by atoms with Crippen LogP contribution in [0.25, 0.3) is 0 Å². The van der Waals surface area contributed by atoms with Gasteiger partial charge in [0.15, 0.2) is 0 Å². The molecule has 0 aliphatic carbocycles. The first-order valence-corrected chi connectivity index (χ1v) is 9.45. The molecule has 0 saturated carbocycles. The molecule has 2 amide bonds. The highest BCUT2D eigenvalue weighted by Crippen LogP contribution is 2.13. The van der Waals surface area contributed by atoms with Gasteiger partial charge in [-0.1, -0.05) is 61.3 Å². The number of carbonyl (C=O) groups is 2. The van der Waals surface area contributed by atoms with Crippen LogP contribution in [0.5, 0.6) is 0 Å². The number of carbonyl (C=O) groups excluding carboxylic acids is 2. The summed E-state index contributed by atoms with van der Waals surface area (Å²) in [5.74, 6) is -1.84. The summed E-state index contributed by atoms with van der Waals surface area (Å²) in [5, 5.41) is 9.17. The van der Waals surface area contributed by atoms with Crippen molar-refractivity contribution >= 4 is 46.4 Å². The number of hydrogen-bond acceptors (Lipinski definition) is 4. The summed E-state index contributed by atoms with van der Waals surface area (Å²) < 4.78 is 0. The second-order valence-corrected chi connectivity index (χ2v) is 6.60. The predicted octanol–water partition coefficient (Wildman–Crippen LogP) is 4.15. The monoisotopic (exact) mass is 418 g/mol. The van der Waals surface area contributed by atoms with Gasteiger partial charge in [0.05, 0.1) is 11.4 Å². The first kappa shape index (κ1) is 21.6. The van der Waals surface area contributed by atoms with Crippen molar-refractivity contribution < 1.29 is 9.59 Å². The lowest BCUT2D eigenvalue weighted by Crippen LogP contribution is -2.36. The van der Waals surface area contributed by atoms with Gasteiger partial charge in [-0.2, -0.15) is 10.2 Å². The Labute approximate surface area is 173 Å². The van der Waals surface area contributed by atoms with E-state index in [9.17, 15) is 9.59 Å². The lowest BCUT2D eigenvalue weighted by Gasteiger charge is -2.07. The molecule has 0 bridgehead atoms. The summed E-state index contributed by atoms with van der Waals surface area (Å²) in [6.45, 7) is 3.77. The topological polar surface area (TPSA) is 82.9 Å². The molecular formula is C20H20Cl2N4O2. The molecule has 0 aromatic heterocycles. The molecule has 0 aliphatic heterocycles. The highest BCUT2D eigenvalue weighted by molar-refractivity contribution is 6.35. The van der Waals surface area contributed by atoms with Crippen molar-refractivity contribution in [3.05, 3.63) is 69.7 Å². The predicted molar refractivity (Wildman–Crippen MR) is 113 cm³/mol. The molecule has 2 rings (SSSR count). The summed E-state index contributed by atoms with van der Waals surface area (Å²) in [6.07, 6.45) is 1.10. The second kappa shape index (κ2) is 10.6. The summed E-state index contributed by atoms with van der Waals surface area (Å²) >= 11 is 11.9. The molecule has 0 heterocycles. The fraction of sp³-hybridized carbons (Fsp3) is 0.200. The van der Waals surface area contributed by atoms with E-state index in [0.717, 1.165) is 11.1 Å². The highest BCUT2D eigenvalue weighted by Gasteiger charge is 2.13. The Morgan fingerprint density at radius 2 is 1.18 bits per heavy atom. The van der Waals surface area contributed by atoms with Crippen LogP contribution in [-0.4, -0.2) is 23.2 Å². The SMILES string of the molecule is CC/C(=N\NC(=O)C(=O)N/N=C(\CC)c1cccc(Cl)c1)c1cccc(Cl)c1. The maximum atomic E-state index is 12.0. The van der Waals surface area contributed by atoms with E-state index < -0.39 is 11.8 Å². The van der Waals surface area contributed by atoms with E-state index in [1.54, 1.807) is 36.4 Å². The van der Waals surface area contributed by atoms with Gasteiger partial charge in [0.2, 0.25) is 0 Å². The third kappa shape index (κ3) is 6.18. The van der Waals surface area contributed by atoms with Gasteiger partial charge in [0, 0.05) is 10.0 Å². The molecule has 0 unspecified atom stereocenters. The standard InChI is InChI=1S/C20H20Cl2N4O2/c1-3-17(13-7-5-9-15(21)11-13)23-25-19(27)20(28)26-24-18(4-2)14-8-6-10-16(22)12-14/h5-12H,3-4H2,1-2H3,(H,25,27)(H,26,28)/b23-17+,24-18+. The van der Waals surface area contributed by atoms with E-state index in [4.69, 9.17) is 23.2 Å². The van der Waals surface area contributed by atoms with E-state index in [1.807, 2.05) is 26.0 Å². The highest BCUT2D eigenvalue weighted by atomic mass is 35.5. The van der Waals surface area contributed by atoms with E-state index in [-0.39, 0.29) is 0 Å². The van der Waals surface area contributed by atoms with Gasteiger partial charge in [0.25, 0.3) is 0 Å². The summed E-state index contributed by atoms with van der Waals surface area (Å²) in [7, 11) is 0. The van der Waals surface area contributed by atoms with Crippen molar-refractivity contribution in [3.8, 4) is 0 Å². The number of nitrogens with one attached hydrogen (secondary N) is 2. The zero-order valence-corrected chi connectivity index (χ0v) is 17.0. The maximum absolute atomic E-state index is 12.0. The Balaban J connectivity index is 2.04. The second-order valence-electron chi connectivity index (χ2n) is 5.73. The molecule has 0 saturated heterocycles. The zero-order valence-electron chi connectivity index (χ0n) is 15.5. The number of nitrogens with zero attached hydrogens (tertiary/aromatic N) is 2. The minimum Gasteiger partial charge on any atom is -0.262 e. The molecule has 0 atom stereocenters. The van der Waals surface area contributed by atoms with Crippen molar-refractivity contribution in [2.24, 2.45) is 10.2 Å². The zero-order chi connectivity index (χ0) is 20.5. The third-order valence-electron chi connectivity index (χ3n) is 3.78. The molecule has 2 aromatic rings. The first-order valence-electron chi connectivity index (χ1n) is 8.69. The molecule has 2 N–H and O–H groups in total. The fourth-order valence-electron chi connectivity index (χ4n) is 2.37. The van der Waals surface area contributed by atoms with Crippen LogP contribution in [-0.2, 0) is 9.59 Å². The summed E-state index contributed by atoms with van der Waals surface area (Å²) in [4.78, 5) is 24.0. The average Bonchev–Trinajstić information content (AvgIpc) is 2.68. The van der Waals surface area contributed by atoms with Crippen LogP contribution in [0.1, 0.15) is 37.8 Å². The number of benzene rings is 2. The van der Waals surface area contributed by atoms with E-state index in [2.05, 4.69) is 21.1 Å². The van der Waals surface area contributed by atoms with Gasteiger partial charge in [-0.3, -0.25) is 9.59 Å². The quantitative estimate of drug-likeness (QED) is 0.419. The fourth-order valence-corrected chi connectivity index (χ4v) is 2.75. The Hall–Kier alpha value is -2.70. The average molecular weight is 419 g/mol. The number of halogens is 2. The summed E-state index contributed by atoms with van der Waals surface area (Å²) in [6, 6.07) is 14.2. The molecule has 2 aromatic carbocycles. The van der Waals surface area contributed by atoms with Gasteiger partial charge < -0.3 is 0 Å². The van der Waals surface area contributed by atoms with Gasteiger partial charge >= 0.3 is 11.8 Å². The van der Waals surface area contributed by atoms with Crippen LogP contribution in [0.2, 0.25) is 10.0 Å². The molecule has 146 valence electrons. The molecule has 8 heteroatoms. The lowest BCUT2D eigenvalue weighted by atomic mass is 10.1. The van der Waals surface area contributed by atoms with Crippen molar-refractivity contribution in [2.45, 2.75) is 26.7 Å². The Morgan fingerprint density at radius 3 is 1.50 bits per heavy atom. The smallest absolute Gasteiger partial charge is 0.262 e. The van der Waals surface area contributed by atoms with Crippen LogP contribution in [0.4, 0.5) is 0 Å². The van der Waals surface area contributed by atoms with Crippen molar-refractivity contribution in [1.29, 1.82) is 0 Å². The molecule has 0 fully saturated rings.